The van der Waals surface area contributed by atoms with E-state index in [-0.39, 0.29) is 5.41 Å². The van der Waals surface area contributed by atoms with Gasteiger partial charge in [0.05, 0.1) is 0 Å². The van der Waals surface area contributed by atoms with Gasteiger partial charge in [-0.3, -0.25) is 4.21 Å². The third kappa shape index (κ3) is 3.26. The lowest BCUT2D eigenvalue weighted by Gasteiger charge is -2.53. The van der Waals surface area contributed by atoms with Crippen molar-refractivity contribution in [1.29, 1.82) is 0 Å². The van der Waals surface area contributed by atoms with Crippen molar-refractivity contribution in [3.8, 4) is 0 Å². The molecule has 2 nitrogen and oxygen atoms in total. The summed E-state index contributed by atoms with van der Waals surface area (Å²) in [4.78, 5) is 0. The molecule has 1 aliphatic carbocycles. The summed E-state index contributed by atoms with van der Waals surface area (Å²) >= 11 is 0. The Kier molecular flexibility index (Phi) is 4.46. The normalized spacial score (nSPS) is 28.4. The fraction of sp³-hybridized carbons (Fsp3) is 0.625. The number of hydrogen-bond donors (Lipinski definition) is 1. The molecule has 0 spiro atoms. The fourth-order valence-electron chi connectivity index (χ4n) is 3.20. The molecule has 0 amide bonds. The first-order valence-electron chi connectivity index (χ1n) is 7.02. The van der Waals surface area contributed by atoms with E-state index in [1.807, 2.05) is 0 Å². The first-order valence-corrected chi connectivity index (χ1v) is 8.75. The predicted octanol–water partition coefficient (Wildman–Crippen LogP) is 2.93. The van der Waals surface area contributed by atoms with E-state index in [4.69, 9.17) is 0 Å². The van der Waals surface area contributed by atoms with Crippen LogP contribution in [0.4, 0.5) is 0 Å². The van der Waals surface area contributed by atoms with E-state index in [2.05, 4.69) is 56.4 Å². The second kappa shape index (κ2) is 5.76. The minimum atomic E-state index is -0.722. The Morgan fingerprint density at radius 1 is 1.37 bits per heavy atom. The zero-order valence-corrected chi connectivity index (χ0v) is 13.2. The van der Waals surface area contributed by atoms with Crippen LogP contribution in [0.25, 0.3) is 0 Å². The van der Waals surface area contributed by atoms with Crippen LogP contribution in [0.2, 0.25) is 0 Å². The summed E-state index contributed by atoms with van der Waals surface area (Å²) in [5, 5.41) is 3.64. The molecule has 2 rings (SSSR count). The quantitative estimate of drug-likeness (QED) is 0.898. The van der Waals surface area contributed by atoms with Crippen LogP contribution in [-0.2, 0) is 10.8 Å². The minimum absolute atomic E-state index is 0.269. The zero-order valence-electron chi connectivity index (χ0n) is 12.3. The monoisotopic (exact) mass is 279 g/mol. The number of hydrogen-bond acceptors (Lipinski definition) is 2. The van der Waals surface area contributed by atoms with Crippen molar-refractivity contribution >= 4 is 10.8 Å². The van der Waals surface area contributed by atoms with Crippen LogP contribution < -0.4 is 5.32 Å². The van der Waals surface area contributed by atoms with Crippen molar-refractivity contribution in [3.05, 3.63) is 35.9 Å². The highest BCUT2D eigenvalue weighted by Gasteiger charge is 2.48. The highest BCUT2D eigenvalue weighted by molar-refractivity contribution is 7.84. The molecule has 0 heterocycles. The first kappa shape index (κ1) is 14.7. The van der Waals surface area contributed by atoms with E-state index < -0.39 is 10.8 Å². The maximum atomic E-state index is 11.3. The van der Waals surface area contributed by atoms with Crippen molar-refractivity contribution < 1.29 is 4.21 Å². The smallest absolute Gasteiger partial charge is 0.0383 e. The third-order valence-corrected chi connectivity index (χ3v) is 5.41. The largest absolute Gasteiger partial charge is 0.310 e. The molecule has 4 atom stereocenters. The molecule has 1 fully saturated rings. The molecular weight excluding hydrogens is 254 g/mol. The van der Waals surface area contributed by atoms with Gasteiger partial charge < -0.3 is 5.32 Å². The number of benzene rings is 1. The average Bonchev–Trinajstić information content (AvgIpc) is 2.34. The van der Waals surface area contributed by atoms with Gasteiger partial charge in [-0.15, -0.1) is 0 Å². The van der Waals surface area contributed by atoms with Gasteiger partial charge in [0, 0.05) is 34.9 Å². The van der Waals surface area contributed by atoms with Gasteiger partial charge in [0.25, 0.3) is 0 Å². The van der Waals surface area contributed by atoms with Crippen molar-refractivity contribution in [2.75, 3.05) is 12.0 Å². The van der Waals surface area contributed by atoms with Crippen molar-refractivity contribution in [2.24, 2.45) is 5.41 Å². The molecule has 4 unspecified atom stereocenters. The second-order valence-electron chi connectivity index (χ2n) is 6.38. The maximum absolute atomic E-state index is 11.3. The van der Waals surface area contributed by atoms with E-state index in [1.54, 1.807) is 6.26 Å². The Labute approximate surface area is 119 Å². The maximum Gasteiger partial charge on any atom is 0.0383 e. The molecule has 0 aliphatic heterocycles. The molecule has 0 aromatic heterocycles. The van der Waals surface area contributed by atoms with Gasteiger partial charge in [-0.25, -0.2) is 0 Å². The summed E-state index contributed by atoms with van der Waals surface area (Å²) in [5.74, 6) is 1.37. The molecule has 0 bridgehead atoms. The Morgan fingerprint density at radius 3 is 2.53 bits per heavy atom. The summed E-state index contributed by atoms with van der Waals surface area (Å²) in [6, 6.07) is 11.6. The van der Waals surface area contributed by atoms with E-state index in [1.165, 1.54) is 12.0 Å². The topological polar surface area (TPSA) is 29.1 Å². The van der Waals surface area contributed by atoms with Gasteiger partial charge in [-0.05, 0) is 30.2 Å². The van der Waals surface area contributed by atoms with E-state index >= 15 is 0 Å². The standard InChI is InChI=1S/C16H25NOS/c1-12(11-19(4)18)17-15-10-14(16(15,2)3)13-8-6-5-7-9-13/h5-9,12,14-15,17H,10-11H2,1-4H3. The van der Waals surface area contributed by atoms with Crippen LogP contribution in [0.15, 0.2) is 30.3 Å². The molecule has 106 valence electrons. The van der Waals surface area contributed by atoms with Gasteiger partial charge >= 0.3 is 0 Å². The Morgan fingerprint density at radius 2 is 2.00 bits per heavy atom. The fourth-order valence-corrected chi connectivity index (χ4v) is 4.00. The summed E-state index contributed by atoms with van der Waals surface area (Å²) < 4.78 is 11.3. The summed E-state index contributed by atoms with van der Waals surface area (Å²) in [6.45, 7) is 6.80. The highest BCUT2D eigenvalue weighted by atomic mass is 32.2. The van der Waals surface area contributed by atoms with E-state index in [0.29, 0.717) is 18.0 Å². The SMILES string of the molecule is CC(CS(C)=O)NC1CC(c2ccccc2)C1(C)C. The highest BCUT2D eigenvalue weighted by Crippen LogP contribution is 2.52. The molecule has 1 aromatic rings. The molecule has 0 radical (unpaired) electrons. The zero-order chi connectivity index (χ0) is 14.0. The van der Waals surface area contributed by atoms with Crippen LogP contribution in [-0.4, -0.2) is 28.3 Å². The van der Waals surface area contributed by atoms with Crippen molar-refractivity contribution in [2.45, 2.75) is 45.2 Å². The molecular formula is C16H25NOS. The second-order valence-corrected chi connectivity index (χ2v) is 7.86. The molecule has 0 saturated heterocycles. The molecule has 1 aliphatic rings. The summed E-state index contributed by atoms with van der Waals surface area (Å²) in [7, 11) is -0.722. The molecule has 1 saturated carbocycles. The van der Waals surface area contributed by atoms with Crippen molar-refractivity contribution in [1.82, 2.24) is 5.32 Å². The predicted molar refractivity (Wildman–Crippen MR) is 82.9 cm³/mol. The third-order valence-electron chi connectivity index (χ3n) is 4.44. The summed E-state index contributed by atoms with van der Waals surface area (Å²) in [5.41, 5.74) is 1.71. The van der Waals surface area contributed by atoms with E-state index in [9.17, 15) is 4.21 Å². The van der Waals surface area contributed by atoms with Crippen LogP contribution >= 0.6 is 0 Å². The first-order chi connectivity index (χ1) is 8.91. The lowest BCUT2D eigenvalue weighted by Crippen LogP contribution is -2.58. The Hall–Kier alpha value is -0.670. The Bertz CT molecular complexity index is 443. The van der Waals surface area contributed by atoms with Gasteiger partial charge in [0.1, 0.15) is 0 Å². The molecule has 1 aromatic carbocycles. The van der Waals surface area contributed by atoms with Crippen LogP contribution in [0.1, 0.15) is 38.7 Å². The Balaban J connectivity index is 1.96. The van der Waals surface area contributed by atoms with Crippen LogP contribution in [0.5, 0.6) is 0 Å². The van der Waals surface area contributed by atoms with Gasteiger partial charge in [-0.1, -0.05) is 44.2 Å². The number of rotatable bonds is 5. The van der Waals surface area contributed by atoms with Crippen molar-refractivity contribution in [3.63, 3.8) is 0 Å². The van der Waals surface area contributed by atoms with Gasteiger partial charge in [-0.2, -0.15) is 0 Å². The molecule has 3 heteroatoms. The lowest BCUT2D eigenvalue weighted by atomic mass is 9.56. The van der Waals surface area contributed by atoms with E-state index in [0.717, 1.165) is 5.75 Å². The average molecular weight is 279 g/mol. The molecule has 19 heavy (non-hydrogen) atoms. The number of nitrogens with one attached hydrogen (secondary N) is 1. The lowest BCUT2D eigenvalue weighted by molar-refractivity contribution is 0.0634. The summed E-state index contributed by atoms with van der Waals surface area (Å²) in [6.07, 6.45) is 2.95. The molecule has 1 N–H and O–H groups in total. The van der Waals surface area contributed by atoms with Crippen LogP contribution in [0, 0.1) is 5.41 Å². The van der Waals surface area contributed by atoms with Crippen LogP contribution in [0.3, 0.4) is 0 Å². The minimum Gasteiger partial charge on any atom is -0.310 e. The van der Waals surface area contributed by atoms with Gasteiger partial charge in [0.2, 0.25) is 0 Å². The van der Waals surface area contributed by atoms with Gasteiger partial charge in [0.15, 0.2) is 0 Å².